The zero-order valence-electron chi connectivity index (χ0n) is 8.38. The molecule has 0 aliphatic heterocycles. The first-order chi connectivity index (χ1) is 7.28. The van der Waals surface area contributed by atoms with Crippen LogP contribution < -0.4 is 0 Å². The highest BCUT2D eigenvalue weighted by molar-refractivity contribution is 5.87. The van der Waals surface area contributed by atoms with Gasteiger partial charge < -0.3 is 4.74 Å². The molecule has 0 aliphatic rings. The molecular weight excluding hydrogens is 261 g/mol. The molecule has 17 heavy (non-hydrogen) atoms. The molecule has 0 N–H and O–H groups in total. The highest BCUT2D eigenvalue weighted by Crippen LogP contribution is 2.43. The Morgan fingerprint density at radius 1 is 1.12 bits per heavy atom. The molecule has 0 bridgehead atoms. The van der Waals surface area contributed by atoms with Crippen LogP contribution in [-0.2, 0) is 9.53 Å². The van der Waals surface area contributed by atoms with Gasteiger partial charge in [-0.15, -0.1) is 0 Å². The van der Waals surface area contributed by atoms with Crippen molar-refractivity contribution in [2.45, 2.75) is 31.6 Å². The Kier molecular flexibility index (Phi) is 4.19. The van der Waals surface area contributed by atoms with Crippen molar-refractivity contribution in [2.75, 3.05) is 0 Å². The molecule has 0 saturated carbocycles. The van der Waals surface area contributed by atoms with Crippen LogP contribution in [0.4, 0.5) is 30.7 Å². The fourth-order valence-corrected chi connectivity index (χ4v) is 0.633. The summed E-state index contributed by atoms with van der Waals surface area (Å²) in [6.45, 7) is 3.70. The molecule has 0 atom stereocenters. The quantitative estimate of drug-likeness (QED) is 0.444. The maximum Gasteiger partial charge on any atom is 0.466 e. The second kappa shape index (κ2) is 4.53. The topological polar surface area (TPSA) is 26.3 Å². The minimum Gasteiger partial charge on any atom is -0.393 e. The summed E-state index contributed by atoms with van der Waals surface area (Å²) in [5.41, 5.74) is -0.646. The first-order valence-electron chi connectivity index (χ1n) is 4.00. The maximum absolute atomic E-state index is 12.6. The van der Waals surface area contributed by atoms with E-state index in [-0.39, 0.29) is 0 Å². The number of alkyl halides is 7. The van der Waals surface area contributed by atoms with Gasteiger partial charge in [-0.05, 0) is 6.92 Å². The summed E-state index contributed by atoms with van der Waals surface area (Å²) in [5, 5.41) is 0. The summed E-state index contributed by atoms with van der Waals surface area (Å²) in [5.74, 6) is -7.45. The molecule has 0 radical (unpaired) electrons. The monoisotopic (exact) mass is 268 g/mol. The molecule has 0 saturated heterocycles. The lowest BCUT2D eigenvalue weighted by atomic mass is 10.2. The molecular formula is C8H7F7O2. The van der Waals surface area contributed by atoms with Gasteiger partial charge >= 0.3 is 24.2 Å². The van der Waals surface area contributed by atoms with E-state index in [1.165, 1.54) is 0 Å². The van der Waals surface area contributed by atoms with E-state index < -0.39 is 36.2 Å². The van der Waals surface area contributed by atoms with Crippen LogP contribution in [0.25, 0.3) is 0 Å². The van der Waals surface area contributed by atoms with Crippen LogP contribution in [0.3, 0.4) is 0 Å². The molecule has 0 aromatic carbocycles. The van der Waals surface area contributed by atoms with Crippen molar-refractivity contribution in [1.82, 2.24) is 0 Å². The van der Waals surface area contributed by atoms with E-state index in [2.05, 4.69) is 11.3 Å². The molecule has 2 nitrogen and oxygen atoms in total. The van der Waals surface area contributed by atoms with Gasteiger partial charge in [-0.25, -0.2) is 4.79 Å². The number of carbonyl (C=O) groups excluding carboxylic acids is 1. The normalized spacial score (nSPS) is 13.4. The minimum atomic E-state index is -5.56. The second-order valence-corrected chi connectivity index (χ2v) is 3.18. The van der Waals surface area contributed by atoms with Crippen LogP contribution in [0.15, 0.2) is 12.2 Å². The number of ether oxygens (including phenoxy) is 1. The predicted octanol–water partition coefficient (Wildman–Crippen LogP) is 3.29. The van der Waals surface area contributed by atoms with Crippen LogP contribution in [0.1, 0.15) is 13.3 Å². The number of hydrogen-bond acceptors (Lipinski definition) is 2. The number of hydrogen-bond donors (Lipinski definition) is 0. The molecule has 9 heteroatoms. The largest absolute Gasteiger partial charge is 0.466 e. The molecule has 0 unspecified atom stereocenters. The summed E-state index contributed by atoms with van der Waals surface area (Å²) >= 11 is 0. The molecule has 0 aromatic rings. The number of rotatable bonds is 4. The van der Waals surface area contributed by atoms with Crippen LogP contribution in [0.2, 0.25) is 0 Å². The Morgan fingerprint density at radius 2 is 1.53 bits per heavy atom. The average molecular weight is 268 g/mol. The van der Waals surface area contributed by atoms with Crippen LogP contribution >= 0.6 is 0 Å². The third-order valence-corrected chi connectivity index (χ3v) is 1.42. The molecule has 0 amide bonds. The van der Waals surface area contributed by atoms with Gasteiger partial charge in [0.1, 0.15) is 6.42 Å². The van der Waals surface area contributed by atoms with Gasteiger partial charge in [0.2, 0.25) is 0 Å². The van der Waals surface area contributed by atoms with Crippen molar-refractivity contribution >= 4 is 5.97 Å². The lowest BCUT2D eigenvalue weighted by molar-refractivity contribution is -0.349. The van der Waals surface area contributed by atoms with Gasteiger partial charge in [0, 0.05) is 5.57 Å². The van der Waals surface area contributed by atoms with Crippen molar-refractivity contribution in [1.29, 1.82) is 0 Å². The Hall–Kier alpha value is -1.28. The summed E-state index contributed by atoms with van der Waals surface area (Å²) < 4.78 is 88.1. The fourth-order valence-electron chi connectivity index (χ4n) is 0.633. The van der Waals surface area contributed by atoms with Crippen molar-refractivity contribution in [2.24, 2.45) is 0 Å². The van der Waals surface area contributed by atoms with Gasteiger partial charge in [-0.2, -0.15) is 30.7 Å². The Morgan fingerprint density at radius 3 is 1.82 bits per heavy atom. The maximum atomic E-state index is 12.6. The van der Waals surface area contributed by atoms with E-state index in [4.69, 9.17) is 0 Å². The fraction of sp³-hybridized carbons (Fsp3) is 0.625. The van der Waals surface area contributed by atoms with Crippen molar-refractivity contribution in [3.63, 3.8) is 0 Å². The zero-order chi connectivity index (χ0) is 14.1. The Labute approximate surface area is 91.0 Å². The van der Waals surface area contributed by atoms with Gasteiger partial charge in [-0.1, -0.05) is 6.58 Å². The standard InChI is InChI=1S/C8H7F7O2/c1-4(2)5(16)17-8(14,15)6(9,10)3-7(11,12)13/h1,3H2,2H3. The van der Waals surface area contributed by atoms with E-state index >= 15 is 0 Å². The summed E-state index contributed by atoms with van der Waals surface area (Å²) in [7, 11) is 0. The highest BCUT2D eigenvalue weighted by atomic mass is 19.4. The van der Waals surface area contributed by atoms with Gasteiger partial charge in [0.05, 0.1) is 0 Å². The van der Waals surface area contributed by atoms with Crippen molar-refractivity contribution in [3.8, 4) is 0 Å². The number of esters is 1. The van der Waals surface area contributed by atoms with Crippen LogP contribution in [0, 0.1) is 0 Å². The van der Waals surface area contributed by atoms with E-state index in [9.17, 15) is 35.5 Å². The van der Waals surface area contributed by atoms with E-state index in [0.29, 0.717) is 0 Å². The average Bonchev–Trinajstić information content (AvgIpc) is 1.97. The molecule has 0 fully saturated rings. The minimum absolute atomic E-state index is 0.646. The lowest BCUT2D eigenvalue weighted by Crippen LogP contribution is -2.47. The second-order valence-electron chi connectivity index (χ2n) is 3.18. The highest BCUT2D eigenvalue weighted by Gasteiger charge is 2.64. The Bertz CT molecular complexity index is 318. The molecule has 0 spiro atoms. The first kappa shape index (κ1) is 15.7. The van der Waals surface area contributed by atoms with Gasteiger partial charge in [0.25, 0.3) is 0 Å². The molecule has 100 valence electrons. The van der Waals surface area contributed by atoms with Gasteiger partial charge in [0.15, 0.2) is 0 Å². The lowest BCUT2D eigenvalue weighted by Gasteiger charge is -2.26. The van der Waals surface area contributed by atoms with Crippen molar-refractivity contribution < 1.29 is 40.3 Å². The summed E-state index contributed by atoms with van der Waals surface area (Å²) in [6.07, 6.45) is -14.2. The molecule has 0 aliphatic carbocycles. The zero-order valence-corrected chi connectivity index (χ0v) is 8.38. The third kappa shape index (κ3) is 4.61. The molecule has 0 heterocycles. The third-order valence-electron chi connectivity index (χ3n) is 1.42. The van der Waals surface area contributed by atoms with E-state index in [1.54, 1.807) is 0 Å². The first-order valence-corrected chi connectivity index (χ1v) is 4.00. The SMILES string of the molecule is C=C(C)C(=O)OC(F)(F)C(F)(F)CC(F)(F)F. The van der Waals surface area contributed by atoms with E-state index in [0.717, 1.165) is 6.92 Å². The smallest absolute Gasteiger partial charge is 0.393 e. The molecule has 0 rings (SSSR count). The molecule has 0 aromatic heterocycles. The predicted molar refractivity (Wildman–Crippen MR) is 41.5 cm³/mol. The number of halogens is 7. The summed E-state index contributed by atoms with van der Waals surface area (Å²) in [4.78, 5) is 10.6. The van der Waals surface area contributed by atoms with Crippen LogP contribution in [0.5, 0.6) is 0 Å². The van der Waals surface area contributed by atoms with E-state index in [1.807, 2.05) is 0 Å². The Balaban J connectivity index is 4.90. The van der Waals surface area contributed by atoms with Gasteiger partial charge in [-0.3, -0.25) is 0 Å². The summed E-state index contributed by atoms with van der Waals surface area (Å²) in [6, 6.07) is 0. The van der Waals surface area contributed by atoms with Crippen molar-refractivity contribution in [3.05, 3.63) is 12.2 Å². The van der Waals surface area contributed by atoms with Crippen LogP contribution in [-0.4, -0.2) is 24.2 Å². The number of carbonyl (C=O) groups is 1.